The van der Waals surface area contributed by atoms with E-state index in [9.17, 15) is 14.4 Å². The van der Waals surface area contributed by atoms with Crippen LogP contribution < -0.4 is 0 Å². The first-order valence-electron chi connectivity index (χ1n) is 8.34. The van der Waals surface area contributed by atoms with Crippen molar-refractivity contribution in [2.45, 2.75) is 45.5 Å². The average molecular weight is 447 g/mol. The van der Waals surface area contributed by atoms with Crippen LogP contribution >= 0.6 is 23.2 Å². The lowest BCUT2D eigenvalue weighted by Crippen LogP contribution is -2.40. The lowest BCUT2D eigenvalue weighted by Gasteiger charge is -2.23. The van der Waals surface area contributed by atoms with Crippen LogP contribution in [0.4, 0.5) is 0 Å². The van der Waals surface area contributed by atoms with E-state index >= 15 is 0 Å². The summed E-state index contributed by atoms with van der Waals surface area (Å²) in [5.41, 5.74) is 0.435. The number of ether oxygens (including phenoxy) is 4. The molecule has 1 aliphatic heterocycles. The Bertz CT molecular complexity index is 966. The number of esters is 2. The maximum Gasteiger partial charge on any atom is 0.303 e. The van der Waals surface area contributed by atoms with Crippen molar-refractivity contribution in [1.29, 1.82) is 0 Å². The van der Waals surface area contributed by atoms with E-state index in [1.165, 1.54) is 31.7 Å². The molecule has 2 aromatic rings. The number of imidazole rings is 1. The van der Waals surface area contributed by atoms with E-state index in [2.05, 4.69) is 15.0 Å². The van der Waals surface area contributed by atoms with E-state index in [4.69, 9.17) is 42.1 Å². The third-order valence-electron chi connectivity index (χ3n) is 3.83. The Labute approximate surface area is 174 Å². The summed E-state index contributed by atoms with van der Waals surface area (Å²) in [5.74, 6) is -1.58. The van der Waals surface area contributed by atoms with Crippen LogP contribution in [-0.2, 0) is 33.3 Å². The largest absolute Gasteiger partial charge is 0.453 e. The van der Waals surface area contributed by atoms with Crippen molar-refractivity contribution in [1.82, 2.24) is 19.5 Å². The van der Waals surface area contributed by atoms with Crippen molar-refractivity contribution in [3.8, 4) is 0 Å². The Morgan fingerprint density at radius 3 is 2.38 bits per heavy atom. The van der Waals surface area contributed by atoms with Gasteiger partial charge in [-0.1, -0.05) is 11.6 Å². The number of hydrogen-bond donors (Lipinski definition) is 0. The molecular weight excluding hydrogens is 431 g/mol. The van der Waals surface area contributed by atoms with Gasteiger partial charge in [0.05, 0.1) is 6.33 Å². The van der Waals surface area contributed by atoms with Crippen LogP contribution in [0.15, 0.2) is 6.33 Å². The zero-order chi connectivity index (χ0) is 21.3. The molecule has 156 valence electrons. The topological polar surface area (TPSA) is 132 Å². The molecule has 1 aliphatic rings. The molecule has 0 saturated carbocycles. The molecule has 0 amide bonds. The molecule has 1 saturated heterocycles. The van der Waals surface area contributed by atoms with Gasteiger partial charge >= 0.3 is 11.9 Å². The molecule has 0 spiro atoms. The third-order valence-corrected chi connectivity index (χ3v) is 4.26. The van der Waals surface area contributed by atoms with Gasteiger partial charge < -0.3 is 18.9 Å². The molecule has 4 unspecified atom stereocenters. The Morgan fingerprint density at radius 2 is 1.76 bits per heavy atom. The van der Waals surface area contributed by atoms with Crippen molar-refractivity contribution in [2.24, 2.45) is 0 Å². The lowest BCUT2D eigenvalue weighted by atomic mass is 10.2. The van der Waals surface area contributed by atoms with Gasteiger partial charge in [-0.05, 0) is 18.5 Å². The first-order chi connectivity index (χ1) is 13.7. The number of Topliss-reactive ketones (excluding diaryl/α,β-unsaturated/α-hetero) is 1. The minimum absolute atomic E-state index is 0.0155. The van der Waals surface area contributed by atoms with Gasteiger partial charge in [0.15, 0.2) is 35.0 Å². The highest BCUT2D eigenvalue weighted by Gasteiger charge is 2.51. The highest BCUT2D eigenvalue weighted by molar-refractivity contribution is 6.35. The number of halogens is 2. The van der Waals surface area contributed by atoms with E-state index in [0.717, 1.165) is 0 Å². The normalized spacial score (nSPS) is 23.9. The minimum atomic E-state index is -1.19. The molecule has 11 nitrogen and oxygen atoms in total. The van der Waals surface area contributed by atoms with Gasteiger partial charge in [-0.15, -0.1) is 0 Å². The van der Waals surface area contributed by atoms with Gasteiger partial charge in [-0.3, -0.25) is 19.0 Å². The molecule has 13 heteroatoms. The number of hydrogen-bond acceptors (Lipinski definition) is 10. The van der Waals surface area contributed by atoms with Crippen molar-refractivity contribution in [2.75, 3.05) is 6.61 Å². The summed E-state index contributed by atoms with van der Waals surface area (Å²) in [5, 5.41) is -0.117. The second kappa shape index (κ2) is 8.57. The van der Waals surface area contributed by atoms with Gasteiger partial charge in [0, 0.05) is 13.8 Å². The number of carbonyl (C=O) groups is 3. The molecule has 3 rings (SSSR count). The van der Waals surface area contributed by atoms with Crippen LogP contribution in [0.1, 0.15) is 27.0 Å². The van der Waals surface area contributed by atoms with Crippen LogP contribution in [0.2, 0.25) is 10.4 Å². The average Bonchev–Trinajstić information content (AvgIpc) is 3.15. The molecule has 3 heterocycles. The molecule has 0 radical (unpaired) electrons. The maximum atomic E-state index is 11.7. The summed E-state index contributed by atoms with van der Waals surface area (Å²) in [6, 6.07) is 0. The zero-order valence-corrected chi connectivity index (χ0v) is 17.0. The number of aromatic nitrogens is 4. The van der Waals surface area contributed by atoms with Crippen LogP contribution in [-0.4, -0.2) is 62.3 Å². The maximum absolute atomic E-state index is 11.7. The first-order valence-corrected chi connectivity index (χ1v) is 9.09. The minimum Gasteiger partial charge on any atom is -0.453 e. The van der Waals surface area contributed by atoms with Crippen LogP contribution in [0.3, 0.4) is 0 Å². The summed E-state index contributed by atoms with van der Waals surface area (Å²) in [4.78, 5) is 46.6. The SMILES string of the molecule is CC(=O)COC1OC(n2cnc3c(Cl)nc(Cl)nc32)C(OC(C)=O)C1OC(C)=O. The van der Waals surface area contributed by atoms with Gasteiger partial charge in [-0.2, -0.15) is 4.98 Å². The van der Waals surface area contributed by atoms with E-state index in [-0.39, 0.29) is 34.0 Å². The predicted octanol–water partition coefficient (Wildman–Crippen LogP) is 1.46. The number of ketones is 1. The number of nitrogens with zero attached hydrogens (tertiary/aromatic N) is 4. The van der Waals surface area contributed by atoms with E-state index in [1.807, 2.05) is 0 Å². The Kier molecular flexibility index (Phi) is 6.32. The molecular formula is C16H16Cl2N4O7. The second-order valence-electron chi connectivity index (χ2n) is 6.16. The fourth-order valence-corrected chi connectivity index (χ4v) is 3.26. The number of rotatable bonds is 6. The molecule has 0 bridgehead atoms. The fraction of sp³-hybridized carbons (Fsp3) is 0.500. The standard InChI is InChI=1S/C16H16Cl2N4O7/c1-6(23)4-26-15-11(28-8(3)25)10(27-7(2)24)14(29-15)22-5-19-9-12(17)20-16(18)21-13(9)22/h5,10-11,14-15H,4H2,1-3H3. The Hall–Kier alpha value is -2.34. The van der Waals surface area contributed by atoms with Crippen LogP contribution in [0.5, 0.6) is 0 Å². The molecule has 29 heavy (non-hydrogen) atoms. The smallest absolute Gasteiger partial charge is 0.303 e. The van der Waals surface area contributed by atoms with E-state index in [0.29, 0.717) is 0 Å². The summed E-state index contributed by atoms with van der Waals surface area (Å²) >= 11 is 11.9. The third kappa shape index (κ3) is 4.64. The van der Waals surface area contributed by atoms with Gasteiger partial charge in [-0.25, -0.2) is 9.97 Å². The molecule has 0 aromatic carbocycles. The zero-order valence-electron chi connectivity index (χ0n) is 15.5. The molecule has 1 fully saturated rings. The molecule has 2 aromatic heterocycles. The quantitative estimate of drug-likeness (QED) is 0.364. The predicted molar refractivity (Wildman–Crippen MR) is 97.0 cm³/mol. The van der Waals surface area contributed by atoms with Gasteiger partial charge in [0.1, 0.15) is 12.1 Å². The highest BCUT2D eigenvalue weighted by atomic mass is 35.5. The molecule has 4 atom stereocenters. The number of fused-ring (bicyclic) bond motifs is 1. The molecule has 0 N–H and O–H groups in total. The summed E-state index contributed by atoms with van der Waals surface area (Å²) in [6.07, 6.45) is -3.19. The Balaban J connectivity index is 2.04. The number of carbonyl (C=O) groups excluding carboxylic acids is 3. The summed E-state index contributed by atoms with van der Waals surface area (Å²) in [7, 11) is 0. The summed E-state index contributed by atoms with van der Waals surface area (Å²) in [6.45, 7) is 3.39. The highest BCUT2D eigenvalue weighted by Crippen LogP contribution is 2.36. The van der Waals surface area contributed by atoms with Gasteiger partial charge in [0.25, 0.3) is 0 Å². The van der Waals surface area contributed by atoms with Crippen molar-refractivity contribution in [3.05, 3.63) is 16.8 Å². The summed E-state index contributed by atoms with van der Waals surface area (Å²) < 4.78 is 23.2. The fourth-order valence-electron chi connectivity index (χ4n) is 2.84. The van der Waals surface area contributed by atoms with Gasteiger partial charge in [0.2, 0.25) is 11.6 Å². The van der Waals surface area contributed by atoms with E-state index in [1.54, 1.807) is 0 Å². The monoisotopic (exact) mass is 446 g/mol. The van der Waals surface area contributed by atoms with Crippen LogP contribution in [0, 0.1) is 0 Å². The second-order valence-corrected chi connectivity index (χ2v) is 6.86. The Morgan fingerprint density at radius 1 is 1.10 bits per heavy atom. The lowest BCUT2D eigenvalue weighted by molar-refractivity contribution is -0.192. The van der Waals surface area contributed by atoms with Crippen LogP contribution in [0.25, 0.3) is 11.2 Å². The first kappa shape index (κ1) is 21.4. The molecule has 0 aliphatic carbocycles. The van der Waals surface area contributed by atoms with Crippen molar-refractivity contribution >= 4 is 52.1 Å². The van der Waals surface area contributed by atoms with E-state index < -0.39 is 36.7 Å². The van der Waals surface area contributed by atoms with Crippen molar-refractivity contribution < 1.29 is 33.3 Å². The van der Waals surface area contributed by atoms with Crippen molar-refractivity contribution in [3.63, 3.8) is 0 Å².